The normalized spacial score (nSPS) is 20.5. The van der Waals surface area contributed by atoms with Gasteiger partial charge in [-0.15, -0.1) is 0 Å². The van der Waals surface area contributed by atoms with Crippen molar-refractivity contribution >= 4 is 28.2 Å². The topological polar surface area (TPSA) is 102 Å². The van der Waals surface area contributed by atoms with Gasteiger partial charge in [0.1, 0.15) is 11.3 Å². The Morgan fingerprint density at radius 1 is 1.45 bits per heavy atom. The summed E-state index contributed by atoms with van der Waals surface area (Å²) >= 11 is 0. The zero-order valence-electron chi connectivity index (χ0n) is 16.7. The summed E-state index contributed by atoms with van der Waals surface area (Å²) in [6.45, 7) is 5.18. The van der Waals surface area contributed by atoms with Crippen LogP contribution in [-0.4, -0.2) is 33.5 Å². The van der Waals surface area contributed by atoms with Gasteiger partial charge in [-0.3, -0.25) is 9.98 Å². The van der Waals surface area contributed by atoms with Crippen molar-refractivity contribution < 1.29 is 4.74 Å². The van der Waals surface area contributed by atoms with Gasteiger partial charge in [0, 0.05) is 24.2 Å². The minimum absolute atomic E-state index is 0.188. The number of hydrogen-bond donors (Lipinski definition) is 1. The zero-order valence-corrected chi connectivity index (χ0v) is 16.7. The molecule has 4 rings (SSSR count). The number of allylic oxidation sites excluding steroid dienone is 1. The summed E-state index contributed by atoms with van der Waals surface area (Å²) in [5.41, 5.74) is 9.75. The van der Waals surface area contributed by atoms with E-state index in [1.807, 2.05) is 19.1 Å². The van der Waals surface area contributed by atoms with Crippen LogP contribution in [0.5, 0.6) is 0 Å². The summed E-state index contributed by atoms with van der Waals surface area (Å²) in [5, 5.41) is 10.3. The van der Waals surface area contributed by atoms with Crippen LogP contribution < -0.4 is 5.73 Å². The van der Waals surface area contributed by atoms with Crippen molar-refractivity contribution in [3.05, 3.63) is 47.6 Å². The molecule has 0 amide bonds. The maximum atomic E-state index is 9.37. The molecule has 7 heteroatoms. The van der Waals surface area contributed by atoms with E-state index in [4.69, 9.17) is 15.5 Å². The van der Waals surface area contributed by atoms with Gasteiger partial charge < -0.3 is 15.0 Å². The molecule has 1 unspecified atom stereocenters. The molecule has 0 bridgehead atoms. The van der Waals surface area contributed by atoms with Crippen LogP contribution in [0, 0.1) is 11.3 Å². The fourth-order valence-corrected chi connectivity index (χ4v) is 3.92. The Labute approximate surface area is 169 Å². The summed E-state index contributed by atoms with van der Waals surface area (Å²) in [7, 11) is 0. The van der Waals surface area contributed by atoms with Gasteiger partial charge in [-0.2, -0.15) is 5.26 Å². The Morgan fingerprint density at radius 3 is 3.07 bits per heavy atom. The summed E-state index contributed by atoms with van der Waals surface area (Å²) in [5.74, 6) is 0.886. The van der Waals surface area contributed by atoms with Crippen molar-refractivity contribution in [1.82, 2.24) is 14.5 Å². The fraction of sp³-hybridized carbons (Fsp3) is 0.364. The second-order valence-electron chi connectivity index (χ2n) is 7.47. The lowest BCUT2D eigenvalue weighted by atomic mass is 10.0. The number of nitriles is 1. The molecule has 0 saturated carbocycles. The SMILES string of the molecule is CC(C=NCc1nc2cnc3ccc(C#N)cc3c2n1C1CCO[C@H](C)C1)=CN. The average molecular weight is 388 g/mol. The van der Waals surface area contributed by atoms with E-state index in [1.54, 1.807) is 18.5 Å². The molecular formula is C22H24N6O. The number of hydrogen-bond acceptors (Lipinski definition) is 6. The van der Waals surface area contributed by atoms with E-state index in [-0.39, 0.29) is 12.1 Å². The van der Waals surface area contributed by atoms with Crippen molar-refractivity contribution in [3.63, 3.8) is 0 Å². The Morgan fingerprint density at radius 2 is 2.31 bits per heavy atom. The number of aromatic nitrogens is 3. The maximum absolute atomic E-state index is 9.37. The minimum Gasteiger partial charge on any atom is -0.404 e. The number of aliphatic imine (C=N–C) groups is 1. The van der Waals surface area contributed by atoms with Crippen LogP contribution >= 0.6 is 0 Å². The molecule has 1 aromatic carbocycles. The van der Waals surface area contributed by atoms with Crippen LogP contribution in [0.25, 0.3) is 21.9 Å². The van der Waals surface area contributed by atoms with Crippen LogP contribution in [0.1, 0.15) is 44.1 Å². The number of rotatable bonds is 4. The number of nitrogens with two attached hydrogens (primary N) is 1. The smallest absolute Gasteiger partial charge is 0.131 e. The van der Waals surface area contributed by atoms with E-state index in [0.29, 0.717) is 12.1 Å². The lowest BCUT2D eigenvalue weighted by Gasteiger charge is -2.30. The molecule has 2 aromatic heterocycles. The van der Waals surface area contributed by atoms with Gasteiger partial charge in [0.05, 0.1) is 41.5 Å². The van der Waals surface area contributed by atoms with Crippen LogP contribution in [0.2, 0.25) is 0 Å². The van der Waals surface area contributed by atoms with E-state index in [9.17, 15) is 5.26 Å². The predicted octanol–water partition coefficient (Wildman–Crippen LogP) is 3.63. The highest BCUT2D eigenvalue weighted by atomic mass is 16.5. The van der Waals surface area contributed by atoms with Gasteiger partial charge >= 0.3 is 0 Å². The second-order valence-corrected chi connectivity index (χ2v) is 7.47. The van der Waals surface area contributed by atoms with E-state index >= 15 is 0 Å². The van der Waals surface area contributed by atoms with Crippen LogP contribution in [0.3, 0.4) is 0 Å². The summed E-state index contributed by atoms with van der Waals surface area (Å²) in [4.78, 5) is 13.9. The van der Waals surface area contributed by atoms with Gasteiger partial charge in [0.25, 0.3) is 0 Å². The fourth-order valence-electron chi connectivity index (χ4n) is 3.92. The van der Waals surface area contributed by atoms with Crippen molar-refractivity contribution in [2.75, 3.05) is 6.61 Å². The third-order valence-corrected chi connectivity index (χ3v) is 5.33. The highest BCUT2D eigenvalue weighted by Gasteiger charge is 2.26. The predicted molar refractivity (Wildman–Crippen MR) is 114 cm³/mol. The Bertz CT molecular complexity index is 1150. The van der Waals surface area contributed by atoms with E-state index < -0.39 is 0 Å². The van der Waals surface area contributed by atoms with E-state index in [1.165, 1.54) is 6.20 Å². The molecule has 7 nitrogen and oxygen atoms in total. The molecule has 0 radical (unpaired) electrons. The number of nitrogens with zero attached hydrogens (tertiary/aromatic N) is 5. The monoisotopic (exact) mass is 388 g/mol. The molecule has 2 atom stereocenters. The average Bonchev–Trinajstić information content (AvgIpc) is 3.12. The second kappa shape index (κ2) is 8.02. The molecule has 0 aliphatic carbocycles. The molecule has 3 heterocycles. The quantitative estimate of drug-likeness (QED) is 0.688. The van der Waals surface area contributed by atoms with Gasteiger partial charge in [-0.25, -0.2) is 4.98 Å². The van der Waals surface area contributed by atoms with Gasteiger partial charge in [0.15, 0.2) is 0 Å². The largest absolute Gasteiger partial charge is 0.404 e. The molecule has 148 valence electrons. The molecular weight excluding hydrogens is 364 g/mol. The molecule has 1 aliphatic heterocycles. The molecule has 1 fully saturated rings. The standard InChI is InChI=1S/C22H24N6O/c1-14(9-23)11-25-13-21-27-20-12-26-19-4-3-16(10-24)8-18(19)22(20)28(21)17-5-6-29-15(2)7-17/h3-4,8-9,11-12,15,17H,5-7,13,23H2,1-2H3/t15-,17?/m1/s1. The van der Waals surface area contributed by atoms with Gasteiger partial charge in [-0.05, 0) is 56.7 Å². The Kier molecular flexibility index (Phi) is 5.28. The molecule has 29 heavy (non-hydrogen) atoms. The number of benzene rings is 1. The number of imidazole rings is 1. The van der Waals surface area contributed by atoms with Crippen molar-refractivity contribution in [2.45, 2.75) is 45.4 Å². The minimum atomic E-state index is 0.188. The molecule has 1 saturated heterocycles. The number of fused-ring (bicyclic) bond motifs is 3. The van der Waals surface area contributed by atoms with Crippen LogP contribution in [0.15, 0.2) is 41.2 Å². The molecule has 1 aliphatic rings. The summed E-state index contributed by atoms with van der Waals surface area (Å²) in [6.07, 6.45) is 7.12. The first-order valence-corrected chi connectivity index (χ1v) is 9.80. The van der Waals surface area contributed by atoms with Gasteiger partial charge in [-0.1, -0.05) is 0 Å². The first-order chi connectivity index (χ1) is 14.1. The number of ether oxygens (including phenoxy) is 1. The Hall–Kier alpha value is -3.24. The van der Waals surface area contributed by atoms with E-state index in [2.05, 4.69) is 27.5 Å². The molecule has 3 aromatic rings. The number of pyridine rings is 1. The zero-order chi connectivity index (χ0) is 20.4. The third-order valence-electron chi connectivity index (χ3n) is 5.33. The van der Waals surface area contributed by atoms with Crippen molar-refractivity contribution in [2.24, 2.45) is 10.7 Å². The van der Waals surface area contributed by atoms with Crippen LogP contribution in [-0.2, 0) is 11.3 Å². The first kappa shape index (κ1) is 19.1. The molecule has 0 spiro atoms. The third kappa shape index (κ3) is 3.71. The lowest BCUT2D eigenvalue weighted by molar-refractivity contribution is 0.00627. The maximum Gasteiger partial charge on any atom is 0.131 e. The van der Waals surface area contributed by atoms with E-state index in [0.717, 1.165) is 52.8 Å². The van der Waals surface area contributed by atoms with Crippen LogP contribution in [0.4, 0.5) is 0 Å². The Balaban J connectivity index is 1.91. The summed E-state index contributed by atoms with van der Waals surface area (Å²) < 4.78 is 8.06. The highest BCUT2D eigenvalue weighted by Crippen LogP contribution is 2.34. The summed E-state index contributed by atoms with van der Waals surface area (Å²) in [6, 6.07) is 8.08. The van der Waals surface area contributed by atoms with Crippen molar-refractivity contribution in [1.29, 1.82) is 5.26 Å². The van der Waals surface area contributed by atoms with Crippen molar-refractivity contribution in [3.8, 4) is 6.07 Å². The molecule has 2 N–H and O–H groups in total. The first-order valence-electron chi connectivity index (χ1n) is 9.80. The van der Waals surface area contributed by atoms with Gasteiger partial charge in [0.2, 0.25) is 0 Å². The highest BCUT2D eigenvalue weighted by molar-refractivity contribution is 6.02. The lowest BCUT2D eigenvalue weighted by Crippen LogP contribution is -2.26.